The Bertz CT molecular complexity index is 1020. The third kappa shape index (κ3) is 4.58. The quantitative estimate of drug-likeness (QED) is 0.647. The van der Waals surface area contributed by atoms with Crippen molar-refractivity contribution in [1.82, 2.24) is 4.90 Å². The minimum absolute atomic E-state index is 0.00373. The summed E-state index contributed by atoms with van der Waals surface area (Å²) < 4.78 is 10.8. The van der Waals surface area contributed by atoms with Gasteiger partial charge in [-0.1, -0.05) is 36.4 Å². The van der Waals surface area contributed by atoms with E-state index in [1.807, 2.05) is 24.3 Å². The molecular formula is C26H29N3O2. The van der Waals surface area contributed by atoms with E-state index in [1.165, 1.54) is 5.56 Å². The van der Waals surface area contributed by atoms with Gasteiger partial charge < -0.3 is 9.47 Å². The standard InChI is InChI=1S/C26H29N3O2/c1-18-22(16-27)26(21-12-13-24(30-3)25(15-21)31-4)23(17-28)19(2)29(18)14-8-11-20-9-6-5-7-10-20/h5-7,9-10,12-13,15,18-19,22H,8,11,14H2,1-4H3. The minimum atomic E-state index is -0.402. The Morgan fingerprint density at radius 1 is 0.968 bits per heavy atom. The van der Waals surface area contributed by atoms with Gasteiger partial charge in [0.05, 0.1) is 37.8 Å². The first-order chi connectivity index (χ1) is 15.0. The lowest BCUT2D eigenvalue weighted by molar-refractivity contribution is 0.148. The molecule has 0 bridgehead atoms. The summed E-state index contributed by atoms with van der Waals surface area (Å²) in [6.07, 6.45) is 1.95. The van der Waals surface area contributed by atoms with Gasteiger partial charge in [0.1, 0.15) is 0 Å². The van der Waals surface area contributed by atoms with Crippen LogP contribution in [-0.4, -0.2) is 37.7 Å². The van der Waals surface area contributed by atoms with Crippen LogP contribution in [-0.2, 0) is 6.42 Å². The first kappa shape index (κ1) is 22.4. The Balaban J connectivity index is 1.92. The largest absolute Gasteiger partial charge is 0.493 e. The van der Waals surface area contributed by atoms with Crippen LogP contribution >= 0.6 is 0 Å². The smallest absolute Gasteiger partial charge is 0.161 e. The van der Waals surface area contributed by atoms with Crippen LogP contribution in [0.2, 0.25) is 0 Å². The molecule has 3 rings (SSSR count). The lowest BCUT2D eigenvalue weighted by atomic mass is 9.78. The molecule has 1 aliphatic rings. The van der Waals surface area contributed by atoms with Crippen LogP contribution in [0.5, 0.6) is 11.5 Å². The number of methoxy groups -OCH3 is 2. The highest BCUT2D eigenvalue weighted by Crippen LogP contribution is 2.41. The summed E-state index contributed by atoms with van der Waals surface area (Å²) in [5.74, 6) is 0.811. The lowest BCUT2D eigenvalue weighted by Crippen LogP contribution is -2.49. The van der Waals surface area contributed by atoms with Crippen LogP contribution in [0.25, 0.3) is 5.57 Å². The molecule has 3 atom stereocenters. The van der Waals surface area contributed by atoms with Crippen molar-refractivity contribution in [3.8, 4) is 23.6 Å². The second kappa shape index (κ2) is 10.2. The van der Waals surface area contributed by atoms with Gasteiger partial charge in [0.15, 0.2) is 11.5 Å². The average Bonchev–Trinajstić information content (AvgIpc) is 2.81. The Morgan fingerprint density at radius 2 is 1.68 bits per heavy atom. The average molecular weight is 416 g/mol. The van der Waals surface area contributed by atoms with Crippen molar-refractivity contribution in [2.75, 3.05) is 20.8 Å². The van der Waals surface area contributed by atoms with Crippen LogP contribution in [0.15, 0.2) is 54.1 Å². The highest BCUT2D eigenvalue weighted by molar-refractivity contribution is 5.78. The van der Waals surface area contributed by atoms with Gasteiger partial charge in [-0.3, -0.25) is 4.90 Å². The molecule has 1 heterocycles. The molecule has 5 heteroatoms. The molecule has 2 aromatic rings. The molecule has 31 heavy (non-hydrogen) atoms. The maximum absolute atomic E-state index is 10.1. The fraction of sp³-hybridized carbons (Fsp3) is 0.385. The molecule has 160 valence electrons. The molecule has 0 fully saturated rings. The molecule has 3 unspecified atom stereocenters. The van der Waals surface area contributed by atoms with Crippen LogP contribution in [0.3, 0.4) is 0 Å². The van der Waals surface area contributed by atoms with E-state index in [9.17, 15) is 10.5 Å². The number of benzene rings is 2. The summed E-state index contributed by atoms with van der Waals surface area (Å²) in [4.78, 5) is 2.29. The first-order valence-electron chi connectivity index (χ1n) is 10.6. The van der Waals surface area contributed by atoms with E-state index in [2.05, 4.69) is 55.2 Å². The van der Waals surface area contributed by atoms with Gasteiger partial charge in [0.25, 0.3) is 0 Å². The van der Waals surface area contributed by atoms with Crippen molar-refractivity contribution in [2.24, 2.45) is 5.92 Å². The number of nitriles is 2. The molecule has 0 amide bonds. The van der Waals surface area contributed by atoms with Gasteiger partial charge in [-0.2, -0.15) is 10.5 Å². The van der Waals surface area contributed by atoms with E-state index in [4.69, 9.17) is 9.47 Å². The number of ether oxygens (including phenoxy) is 2. The van der Waals surface area contributed by atoms with Crippen molar-refractivity contribution in [2.45, 2.75) is 38.8 Å². The van der Waals surface area contributed by atoms with Gasteiger partial charge in [-0.25, -0.2) is 0 Å². The number of nitrogens with zero attached hydrogens (tertiary/aromatic N) is 3. The molecule has 0 aromatic heterocycles. The zero-order valence-corrected chi connectivity index (χ0v) is 18.6. The van der Waals surface area contributed by atoms with E-state index in [1.54, 1.807) is 14.2 Å². The fourth-order valence-electron chi connectivity index (χ4n) is 4.52. The second-order valence-electron chi connectivity index (χ2n) is 7.86. The fourth-order valence-corrected chi connectivity index (χ4v) is 4.52. The second-order valence-corrected chi connectivity index (χ2v) is 7.86. The maximum atomic E-state index is 10.1. The molecule has 2 aromatic carbocycles. The zero-order chi connectivity index (χ0) is 22.4. The zero-order valence-electron chi connectivity index (χ0n) is 18.6. The van der Waals surface area contributed by atoms with Gasteiger partial charge in [-0.15, -0.1) is 0 Å². The van der Waals surface area contributed by atoms with E-state index >= 15 is 0 Å². The first-order valence-corrected chi connectivity index (χ1v) is 10.6. The van der Waals surface area contributed by atoms with Crippen molar-refractivity contribution >= 4 is 5.57 Å². The van der Waals surface area contributed by atoms with Crippen LogP contribution in [0, 0.1) is 28.6 Å². The molecule has 0 radical (unpaired) electrons. The molecule has 0 N–H and O–H groups in total. The SMILES string of the molecule is COc1ccc(C2=C(C#N)C(C)N(CCCc3ccccc3)C(C)C2C#N)cc1OC. The van der Waals surface area contributed by atoms with Crippen LogP contribution < -0.4 is 9.47 Å². The van der Waals surface area contributed by atoms with E-state index < -0.39 is 5.92 Å². The summed E-state index contributed by atoms with van der Waals surface area (Å²) in [5, 5.41) is 20.1. The molecule has 5 nitrogen and oxygen atoms in total. The number of rotatable bonds is 7. The molecule has 0 aliphatic carbocycles. The predicted molar refractivity (Wildman–Crippen MR) is 122 cm³/mol. The van der Waals surface area contributed by atoms with Gasteiger partial charge in [0.2, 0.25) is 0 Å². The summed E-state index contributed by atoms with van der Waals surface area (Å²) in [5.41, 5.74) is 3.59. The summed E-state index contributed by atoms with van der Waals surface area (Å²) in [6.45, 7) is 4.98. The monoisotopic (exact) mass is 415 g/mol. The normalized spacial score (nSPS) is 21.3. The maximum Gasteiger partial charge on any atom is 0.161 e. The molecule has 0 saturated heterocycles. The van der Waals surface area contributed by atoms with E-state index in [0.29, 0.717) is 17.1 Å². The van der Waals surface area contributed by atoms with Gasteiger partial charge in [0, 0.05) is 12.1 Å². The topological polar surface area (TPSA) is 69.3 Å². The van der Waals surface area contributed by atoms with Crippen molar-refractivity contribution < 1.29 is 9.47 Å². The highest BCUT2D eigenvalue weighted by Gasteiger charge is 2.39. The van der Waals surface area contributed by atoms with Crippen molar-refractivity contribution in [3.63, 3.8) is 0 Å². The summed E-state index contributed by atoms with van der Waals surface area (Å²) >= 11 is 0. The highest BCUT2D eigenvalue weighted by atomic mass is 16.5. The van der Waals surface area contributed by atoms with Crippen molar-refractivity contribution in [1.29, 1.82) is 10.5 Å². The van der Waals surface area contributed by atoms with E-state index in [0.717, 1.165) is 30.5 Å². The third-order valence-electron chi connectivity index (χ3n) is 6.20. The number of aryl methyl sites for hydroxylation is 1. The van der Waals surface area contributed by atoms with E-state index in [-0.39, 0.29) is 12.1 Å². The minimum Gasteiger partial charge on any atom is -0.493 e. The van der Waals surface area contributed by atoms with Crippen LogP contribution in [0.1, 0.15) is 31.4 Å². The predicted octanol–water partition coefficient (Wildman–Crippen LogP) is 4.85. The molecular weight excluding hydrogens is 386 g/mol. The Morgan fingerprint density at radius 3 is 2.29 bits per heavy atom. The van der Waals surface area contributed by atoms with Gasteiger partial charge in [-0.05, 0) is 62.1 Å². The van der Waals surface area contributed by atoms with Crippen LogP contribution in [0.4, 0.5) is 0 Å². The van der Waals surface area contributed by atoms with Gasteiger partial charge >= 0.3 is 0 Å². The lowest BCUT2D eigenvalue weighted by Gasteiger charge is -2.42. The molecule has 0 spiro atoms. The number of hydrogen-bond donors (Lipinski definition) is 0. The summed E-state index contributed by atoms with van der Waals surface area (Å²) in [6, 6.07) is 20.8. The Hall–Kier alpha value is -3.28. The number of hydrogen-bond acceptors (Lipinski definition) is 5. The molecule has 0 saturated carbocycles. The van der Waals surface area contributed by atoms with Crippen molar-refractivity contribution in [3.05, 3.63) is 65.2 Å². The third-order valence-corrected chi connectivity index (χ3v) is 6.20. The molecule has 1 aliphatic heterocycles. The Labute approximate surface area is 185 Å². The summed E-state index contributed by atoms with van der Waals surface area (Å²) in [7, 11) is 3.18. The Kier molecular flexibility index (Phi) is 7.34.